The standard InChI is InChI=1S/C18H26ClN3O2.2ClH/c19-16-3-1-2-4-17(16)24-14-13-21-9-11-22(12-10-21)18(23)15-5-7-20-8-6-15;;/h1-4,15,20H,5-14H2;2*1H. The Kier molecular flexibility index (Phi) is 10.7. The Balaban J connectivity index is 0.00000169. The molecule has 2 fully saturated rings. The lowest BCUT2D eigenvalue weighted by Gasteiger charge is -2.37. The molecule has 2 aliphatic heterocycles. The lowest BCUT2D eigenvalue weighted by atomic mass is 9.96. The number of carbonyl (C=O) groups is 1. The highest BCUT2D eigenvalue weighted by atomic mass is 35.5. The van der Waals surface area contributed by atoms with Crippen LogP contribution < -0.4 is 10.1 Å². The number of piperazine rings is 1. The van der Waals surface area contributed by atoms with Crippen molar-refractivity contribution >= 4 is 42.3 Å². The number of para-hydroxylation sites is 1. The normalized spacial score (nSPS) is 18.6. The first kappa shape index (κ1) is 23.3. The zero-order valence-corrected chi connectivity index (χ0v) is 17.3. The molecule has 5 nitrogen and oxygen atoms in total. The van der Waals surface area contributed by atoms with E-state index in [0.29, 0.717) is 17.5 Å². The van der Waals surface area contributed by atoms with Crippen LogP contribution in [0.4, 0.5) is 0 Å². The van der Waals surface area contributed by atoms with Crippen molar-refractivity contribution in [2.45, 2.75) is 12.8 Å². The van der Waals surface area contributed by atoms with Crippen molar-refractivity contribution in [1.82, 2.24) is 15.1 Å². The number of hydrogen-bond donors (Lipinski definition) is 1. The van der Waals surface area contributed by atoms with Crippen molar-refractivity contribution in [2.75, 3.05) is 52.4 Å². The van der Waals surface area contributed by atoms with E-state index in [2.05, 4.69) is 10.2 Å². The number of hydrogen-bond acceptors (Lipinski definition) is 4. The molecule has 0 atom stereocenters. The summed E-state index contributed by atoms with van der Waals surface area (Å²) in [6.07, 6.45) is 1.95. The van der Waals surface area contributed by atoms with E-state index >= 15 is 0 Å². The molecule has 2 heterocycles. The van der Waals surface area contributed by atoms with Gasteiger partial charge in [0.15, 0.2) is 0 Å². The summed E-state index contributed by atoms with van der Waals surface area (Å²) in [5.41, 5.74) is 0. The second kappa shape index (κ2) is 11.9. The van der Waals surface area contributed by atoms with E-state index in [9.17, 15) is 4.79 Å². The summed E-state index contributed by atoms with van der Waals surface area (Å²) in [5.74, 6) is 1.31. The number of benzene rings is 1. The Morgan fingerprint density at radius 2 is 1.77 bits per heavy atom. The summed E-state index contributed by atoms with van der Waals surface area (Å²) in [5, 5.41) is 3.97. The molecule has 2 saturated heterocycles. The highest BCUT2D eigenvalue weighted by Gasteiger charge is 2.28. The van der Waals surface area contributed by atoms with Crippen LogP contribution in [-0.4, -0.2) is 68.1 Å². The minimum atomic E-state index is 0. The lowest BCUT2D eigenvalue weighted by Crippen LogP contribution is -2.52. The number of piperidine rings is 1. The summed E-state index contributed by atoms with van der Waals surface area (Å²) < 4.78 is 5.75. The van der Waals surface area contributed by atoms with Gasteiger partial charge < -0.3 is 15.0 Å². The molecule has 1 N–H and O–H groups in total. The van der Waals surface area contributed by atoms with Gasteiger partial charge in [-0.25, -0.2) is 0 Å². The smallest absolute Gasteiger partial charge is 0.225 e. The molecule has 1 amide bonds. The van der Waals surface area contributed by atoms with Gasteiger partial charge in [0.05, 0.1) is 5.02 Å². The SMILES string of the molecule is Cl.Cl.O=C(C1CCNCC1)N1CCN(CCOc2ccccc2Cl)CC1. The molecule has 3 rings (SSSR count). The molecular formula is C18H28Cl3N3O2. The Hall–Kier alpha value is -0.720. The molecule has 8 heteroatoms. The fourth-order valence-electron chi connectivity index (χ4n) is 3.37. The van der Waals surface area contributed by atoms with Gasteiger partial charge in [-0.05, 0) is 38.1 Å². The number of nitrogens with one attached hydrogen (secondary N) is 1. The van der Waals surface area contributed by atoms with Crippen molar-refractivity contribution < 1.29 is 9.53 Å². The minimum absolute atomic E-state index is 0. The van der Waals surface area contributed by atoms with E-state index in [1.54, 1.807) is 0 Å². The molecule has 2 aliphatic rings. The van der Waals surface area contributed by atoms with Crippen molar-refractivity contribution in [3.05, 3.63) is 29.3 Å². The van der Waals surface area contributed by atoms with Gasteiger partial charge in [-0.15, -0.1) is 24.8 Å². The van der Waals surface area contributed by atoms with E-state index in [1.807, 2.05) is 29.2 Å². The number of carbonyl (C=O) groups excluding carboxylic acids is 1. The molecular weight excluding hydrogens is 397 g/mol. The zero-order valence-electron chi connectivity index (χ0n) is 14.9. The predicted octanol–water partition coefficient (Wildman–Crippen LogP) is 2.71. The van der Waals surface area contributed by atoms with Crippen LogP contribution >= 0.6 is 36.4 Å². The molecule has 148 valence electrons. The highest BCUT2D eigenvalue weighted by Crippen LogP contribution is 2.23. The topological polar surface area (TPSA) is 44.8 Å². The van der Waals surface area contributed by atoms with Gasteiger partial charge in [0.1, 0.15) is 12.4 Å². The Labute approximate surface area is 173 Å². The van der Waals surface area contributed by atoms with E-state index in [4.69, 9.17) is 16.3 Å². The van der Waals surface area contributed by atoms with Crippen LogP contribution in [0.3, 0.4) is 0 Å². The van der Waals surface area contributed by atoms with Gasteiger partial charge in [-0.3, -0.25) is 9.69 Å². The Bertz CT molecular complexity index is 548. The highest BCUT2D eigenvalue weighted by molar-refractivity contribution is 6.32. The monoisotopic (exact) mass is 423 g/mol. The molecule has 1 aromatic rings. The molecule has 0 spiro atoms. The second-order valence-electron chi connectivity index (χ2n) is 6.47. The number of nitrogens with zero attached hydrogens (tertiary/aromatic N) is 2. The second-order valence-corrected chi connectivity index (χ2v) is 6.88. The average Bonchev–Trinajstić information content (AvgIpc) is 2.64. The maximum absolute atomic E-state index is 12.5. The zero-order chi connectivity index (χ0) is 16.8. The van der Waals surface area contributed by atoms with Crippen LogP contribution in [0.25, 0.3) is 0 Å². The Morgan fingerprint density at radius 3 is 2.42 bits per heavy atom. The molecule has 0 saturated carbocycles. The Morgan fingerprint density at radius 1 is 1.12 bits per heavy atom. The molecule has 26 heavy (non-hydrogen) atoms. The van der Waals surface area contributed by atoms with Crippen LogP contribution in [0.5, 0.6) is 5.75 Å². The molecule has 0 aromatic heterocycles. The van der Waals surface area contributed by atoms with E-state index in [0.717, 1.165) is 64.4 Å². The maximum atomic E-state index is 12.5. The van der Waals surface area contributed by atoms with Gasteiger partial charge in [0.2, 0.25) is 5.91 Å². The number of ether oxygens (including phenoxy) is 1. The molecule has 0 bridgehead atoms. The fourth-order valence-corrected chi connectivity index (χ4v) is 3.56. The summed E-state index contributed by atoms with van der Waals surface area (Å²) in [6.45, 7) is 6.91. The van der Waals surface area contributed by atoms with Crippen LogP contribution in [0.15, 0.2) is 24.3 Å². The summed E-state index contributed by atoms with van der Waals surface area (Å²) in [7, 11) is 0. The van der Waals surface area contributed by atoms with Gasteiger partial charge in [-0.1, -0.05) is 23.7 Å². The average molecular weight is 425 g/mol. The first-order valence-electron chi connectivity index (χ1n) is 8.83. The van der Waals surface area contributed by atoms with Gasteiger partial charge in [0, 0.05) is 38.6 Å². The third-order valence-corrected chi connectivity index (χ3v) is 5.19. The van der Waals surface area contributed by atoms with E-state index in [-0.39, 0.29) is 30.7 Å². The van der Waals surface area contributed by atoms with Crippen molar-refractivity contribution in [3.63, 3.8) is 0 Å². The predicted molar refractivity (Wildman–Crippen MR) is 110 cm³/mol. The van der Waals surface area contributed by atoms with Gasteiger partial charge in [0.25, 0.3) is 0 Å². The molecule has 1 aromatic carbocycles. The van der Waals surface area contributed by atoms with Crippen LogP contribution in [0.1, 0.15) is 12.8 Å². The summed E-state index contributed by atoms with van der Waals surface area (Å²) in [4.78, 5) is 16.9. The van der Waals surface area contributed by atoms with E-state index < -0.39 is 0 Å². The summed E-state index contributed by atoms with van der Waals surface area (Å²) >= 11 is 6.09. The molecule has 0 radical (unpaired) electrons. The number of amides is 1. The lowest BCUT2D eigenvalue weighted by molar-refractivity contribution is -0.138. The fraction of sp³-hybridized carbons (Fsp3) is 0.611. The maximum Gasteiger partial charge on any atom is 0.225 e. The summed E-state index contributed by atoms with van der Waals surface area (Å²) in [6, 6.07) is 7.54. The largest absolute Gasteiger partial charge is 0.491 e. The van der Waals surface area contributed by atoms with Crippen molar-refractivity contribution in [1.29, 1.82) is 0 Å². The van der Waals surface area contributed by atoms with E-state index in [1.165, 1.54) is 0 Å². The van der Waals surface area contributed by atoms with Crippen LogP contribution in [-0.2, 0) is 4.79 Å². The molecule has 0 unspecified atom stereocenters. The minimum Gasteiger partial charge on any atom is -0.491 e. The van der Waals surface area contributed by atoms with Crippen LogP contribution in [0.2, 0.25) is 5.02 Å². The quantitative estimate of drug-likeness (QED) is 0.789. The molecule has 0 aliphatic carbocycles. The van der Waals surface area contributed by atoms with Crippen LogP contribution in [0, 0.1) is 5.92 Å². The number of halogens is 3. The third-order valence-electron chi connectivity index (χ3n) is 4.87. The van der Waals surface area contributed by atoms with Crippen molar-refractivity contribution in [3.8, 4) is 5.75 Å². The number of rotatable bonds is 5. The van der Waals surface area contributed by atoms with Gasteiger partial charge >= 0.3 is 0 Å². The third kappa shape index (κ3) is 6.46. The first-order chi connectivity index (χ1) is 11.7. The first-order valence-corrected chi connectivity index (χ1v) is 9.21. The van der Waals surface area contributed by atoms with Gasteiger partial charge in [-0.2, -0.15) is 0 Å². The van der Waals surface area contributed by atoms with Crippen molar-refractivity contribution in [2.24, 2.45) is 5.92 Å².